The van der Waals surface area contributed by atoms with Crippen LogP contribution >= 0.6 is 15.9 Å². The number of rotatable bonds is 16. The lowest BCUT2D eigenvalue weighted by Gasteiger charge is -2.39. The van der Waals surface area contributed by atoms with Crippen LogP contribution < -0.4 is 17.0 Å². The smallest absolute Gasteiger partial charge is 0.0786 e. The lowest BCUT2D eigenvalue weighted by molar-refractivity contribution is -0.929. The van der Waals surface area contributed by atoms with Crippen molar-refractivity contribution < 1.29 is 21.5 Å². The van der Waals surface area contributed by atoms with Crippen LogP contribution in [0.15, 0.2) is 0 Å². The quantitative estimate of drug-likeness (QED) is 0.164. The zero-order chi connectivity index (χ0) is 18.5. The summed E-state index contributed by atoms with van der Waals surface area (Å²) < 4.78 is 1.43. The number of nitrogens with zero attached hydrogens (tertiary/aromatic N) is 1. The molecule has 0 saturated carbocycles. The summed E-state index contributed by atoms with van der Waals surface area (Å²) in [6.07, 6.45) is 16.5. The van der Waals surface area contributed by atoms with Crippen molar-refractivity contribution >= 4 is 15.9 Å². The van der Waals surface area contributed by atoms with Crippen LogP contribution in [0.4, 0.5) is 0 Å². The van der Waals surface area contributed by atoms with Crippen molar-refractivity contribution in [1.29, 1.82) is 0 Å². The van der Waals surface area contributed by atoms with Gasteiger partial charge in [0.25, 0.3) is 0 Å². The highest BCUT2D eigenvalue weighted by Crippen LogP contribution is 2.17. The highest BCUT2D eigenvalue weighted by Gasteiger charge is 2.24. The number of alkyl halides is 1. The van der Waals surface area contributed by atoms with E-state index in [0.29, 0.717) is 0 Å². The lowest BCUT2D eigenvalue weighted by Crippen LogP contribution is -3.00. The van der Waals surface area contributed by atoms with Crippen LogP contribution in [-0.2, 0) is 0 Å². The molecule has 0 saturated heterocycles. The van der Waals surface area contributed by atoms with Crippen LogP contribution in [0, 0.1) is 0 Å². The van der Waals surface area contributed by atoms with E-state index in [2.05, 4.69) is 50.5 Å². The number of quaternary nitrogens is 1. The Hall–Kier alpha value is 0.920. The van der Waals surface area contributed by atoms with E-state index in [0.717, 1.165) is 0 Å². The minimum Gasteiger partial charge on any atom is -1.00 e. The molecule has 0 fully saturated rings. The van der Waals surface area contributed by atoms with Crippen LogP contribution in [0.3, 0.4) is 0 Å². The molecule has 0 N–H and O–H groups in total. The van der Waals surface area contributed by atoms with Gasteiger partial charge in [0.15, 0.2) is 0 Å². The van der Waals surface area contributed by atoms with Crippen molar-refractivity contribution in [3.05, 3.63) is 0 Å². The molecule has 25 heavy (non-hydrogen) atoms. The van der Waals surface area contributed by atoms with Gasteiger partial charge in [-0.2, -0.15) is 0 Å². The molecule has 0 unspecified atom stereocenters. The molecule has 0 aliphatic heterocycles. The van der Waals surface area contributed by atoms with Gasteiger partial charge in [0.05, 0.1) is 26.2 Å². The fourth-order valence-electron chi connectivity index (χ4n) is 3.19. The Balaban J connectivity index is -0.000000592. The molecule has 0 aromatic heterocycles. The van der Waals surface area contributed by atoms with Gasteiger partial charge in [0.2, 0.25) is 0 Å². The summed E-state index contributed by atoms with van der Waals surface area (Å²) >= 11 is 3.35. The normalized spacial score (nSPS) is 10.8. The summed E-state index contributed by atoms with van der Waals surface area (Å²) in [7, 11) is 0. The first-order valence-corrected chi connectivity index (χ1v) is 12.2. The van der Waals surface area contributed by atoms with Crippen LogP contribution in [0.2, 0.25) is 0 Å². The maximum atomic E-state index is 3.35. The third-order valence-corrected chi connectivity index (χ3v) is 5.49. The second kappa shape index (κ2) is 24.9. The highest BCUT2D eigenvalue weighted by molar-refractivity contribution is 9.09. The number of halogens is 2. The van der Waals surface area contributed by atoms with E-state index in [9.17, 15) is 0 Å². The van der Waals surface area contributed by atoms with Crippen LogP contribution in [0.25, 0.3) is 0 Å². The van der Waals surface area contributed by atoms with Gasteiger partial charge in [-0.25, -0.2) is 0 Å². The molecule has 0 spiro atoms. The third-order valence-electron chi connectivity index (χ3n) is 4.93. The molecule has 0 aromatic rings. The molecule has 0 heterocycles. The van der Waals surface area contributed by atoms with Gasteiger partial charge in [-0.1, -0.05) is 89.1 Å². The molecular formula is C22H49Br2N. The van der Waals surface area contributed by atoms with Crippen LogP contribution in [0.1, 0.15) is 112 Å². The Kier molecular flexibility index (Phi) is 30.5. The van der Waals surface area contributed by atoms with E-state index in [1.807, 2.05) is 0 Å². The fourth-order valence-corrected chi connectivity index (χ4v) is 3.59. The second-order valence-electron chi connectivity index (χ2n) is 7.40. The predicted molar refractivity (Wildman–Crippen MR) is 117 cm³/mol. The summed E-state index contributed by atoms with van der Waals surface area (Å²) in [5, 5.41) is 1.17. The summed E-state index contributed by atoms with van der Waals surface area (Å²) in [5.41, 5.74) is 0. The van der Waals surface area contributed by atoms with E-state index < -0.39 is 0 Å². The molecule has 0 amide bonds. The Labute approximate surface area is 180 Å². The first-order chi connectivity index (χ1) is 11.7. The SMILES string of the molecule is CCCCCBr.CCCCC[N+](CCCC)(CCCC)CCCC.[Br-]. The van der Waals surface area contributed by atoms with Crippen molar-refractivity contribution in [3.8, 4) is 0 Å². The van der Waals surface area contributed by atoms with Crippen molar-refractivity contribution in [2.24, 2.45) is 0 Å². The first kappa shape index (κ1) is 30.6. The lowest BCUT2D eigenvalue weighted by atomic mass is 10.1. The molecule has 0 radical (unpaired) electrons. The van der Waals surface area contributed by atoms with Gasteiger partial charge < -0.3 is 21.5 Å². The average Bonchev–Trinajstić information content (AvgIpc) is 2.61. The Morgan fingerprint density at radius 3 is 1.08 bits per heavy atom. The van der Waals surface area contributed by atoms with Gasteiger partial charge in [0, 0.05) is 5.33 Å². The van der Waals surface area contributed by atoms with E-state index in [-0.39, 0.29) is 17.0 Å². The zero-order valence-electron chi connectivity index (χ0n) is 18.2. The topological polar surface area (TPSA) is 0 Å². The summed E-state index contributed by atoms with van der Waals surface area (Å²) in [4.78, 5) is 0. The van der Waals surface area contributed by atoms with Crippen molar-refractivity contribution in [2.75, 3.05) is 31.5 Å². The highest BCUT2D eigenvalue weighted by atomic mass is 79.9. The summed E-state index contributed by atoms with van der Waals surface area (Å²) in [5.74, 6) is 0. The zero-order valence-corrected chi connectivity index (χ0v) is 21.4. The van der Waals surface area contributed by atoms with Gasteiger partial charge >= 0.3 is 0 Å². The number of hydrogen-bond donors (Lipinski definition) is 0. The molecule has 156 valence electrons. The van der Waals surface area contributed by atoms with E-state index in [1.165, 1.54) is 113 Å². The average molecular weight is 487 g/mol. The summed E-state index contributed by atoms with van der Waals surface area (Å²) in [6.45, 7) is 17.3. The maximum Gasteiger partial charge on any atom is 0.0786 e. The molecule has 0 rings (SSSR count). The summed E-state index contributed by atoms with van der Waals surface area (Å²) in [6, 6.07) is 0. The second-order valence-corrected chi connectivity index (χ2v) is 8.19. The fraction of sp³-hybridized carbons (Fsp3) is 1.00. The van der Waals surface area contributed by atoms with Crippen molar-refractivity contribution in [1.82, 2.24) is 0 Å². The Morgan fingerprint density at radius 2 is 0.800 bits per heavy atom. The number of unbranched alkanes of at least 4 members (excludes halogenated alkanes) is 7. The molecule has 0 atom stereocenters. The largest absolute Gasteiger partial charge is 1.00 e. The minimum atomic E-state index is 0. The molecule has 0 bridgehead atoms. The Bertz CT molecular complexity index is 196. The molecule has 0 aliphatic carbocycles. The van der Waals surface area contributed by atoms with Gasteiger partial charge in [0.1, 0.15) is 0 Å². The first-order valence-electron chi connectivity index (χ1n) is 11.1. The molecule has 0 aromatic carbocycles. The monoisotopic (exact) mass is 485 g/mol. The third kappa shape index (κ3) is 21.1. The number of hydrogen-bond acceptors (Lipinski definition) is 0. The van der Waals surface area contributed by atoms with Gasteiger partial charge in [-0.15, -0.1) is 0 Å². The van der Waals surface area contributed by atoms with Gasteiger partial charge in [-0.05, 0) is 38.5 Å². The minimum absolute atomic E-state index is 0. The van der Waals surface area contributed by atoms with Gasteiger partial charge in [-0.3, -0.25) is 0 Å². The molecule has 1 nitrogen and oxygen atoms in total. The molecular weight excluding hydrogens is 438 g/mol. The molecule has 3 heteroatoms. The maximum absolute atomic E-state index is 3.35. The van der Waals surface area contributed by atoms with Crippen LogP contribution in [-0.4, -0.2) is 36.0 Å². The standard InChI is InChI=1S/C17H38N.C5H11Br.BrH/c1-5-9-13-17-18(14-10-6-2,15-11-7-3)16-12-8-4;1-2-3-4-5-6;/h5-17H2,1-4H3;2-5H2,1H3;1H/q+1;;/p-1. The predicted octanol–water partition coefficient (Wildman–Crippen LogP) is 4.97. The molecule has 0 aliphatic rings. The van der Waals surface area contributed by atoms with Crippen molar-refractivity contribution in [3.63, 3.8) is 0 Å². The van der Waals surface area contributed by atoms with E-state index in [1.54, 1.807) is 0 Å². The Morgan fingerprint density at radius 1 is 0.480 bits per heavy atom. The van der Waals surface area contributed by atoms with E-state index in [4.69, 9.17) is 0 Å². The van der Waals surface area contributed by atoms with E-state index >= 15 is 0 Å². The van der Waals surface area contributed by atoms with Crippen LogP contribution in [0.5, 0.6) is 0 Å². The van der Waals surface area contributed by atoms with Crippen molar-refractivity contribution in [2.45, 2.75) is 112 Å².